The van der Waals surface area contributed by atoms with Gasteiger partial charge >= 0.3 is 0 Å². The van der Waals surface area contributed by atoms with Crippen LogP contribution in [0.2, 0.25) is 0 Å². The smallest absolute Gasteiger partial charge is 0.123 e. The largest absolute Gasteiger partial charge is 0.312 e. The summed E-state index contributed by atoms with van der Waals surface area (Å²) in [6.07, 6.45) is 4.81. The Kier molecular flexibility index (Phi) is 5.77. The van der Waals surface area contributed by atoms with Crippen molar-refractivity contribution < 1.29 is 4.39 Å². The second-order valence-corrected chi connectivity index (χ2v) is 6.65. The van der Waals surface area contributed by atoms with Crippen LogP contribution in [0.15, 0.2) is 24.3 Å². The van der Waals surface area contributed by atoms with E-state index < -0.39 is 0 Å². The van der Waals surface area contributed by atoms with Crippen molar-refractivity contribution in [2.45, 2.75) is 58.0 Å². The van der Waals surface area contributed by atoms with E-state index in [1.807, 2.05) is 12.1 Å². The molecule has 0 aliphatic carbocycles. The molecule has 2 nitrogen and oxygen atoms in total. The normalized spacial score (nSPS) is 18.7. The molecule has 1 heterocycles. The van der Waals surface area contributed by atoms with Crippen molar-refractivity contribution in [1.82, 2.24) is 10.2 Å². The number of benzene rings is 1. The van der Waals surface area contributed by atoms with Gasteiger partial charge in [0, 0.05) is 11.6 Å². The summed E-state index contributed by atoms with van der Waals surface area (Å²) < 4.78 is 13.4. The summed E-state index contributed by atoms with van der Waals surface area (Å²) >= 11 is 0. The minimum Gasteiger partial charge on any atom is -0.312 e. The van der Waals surface area contributed by atoms with E-state index in [0.29, 0.717) is 6.04 Å². The number of hydrogen-bond acceptors (Lipinski definition) is 2. The van der Waals surface area contributed by atoms with Crippen molar-refractivity contribution in [1.29, 1.82) is 0 Å². The molecule has 1 saturated heterocycles. The van der Waals surface area contributed by atoms with Crippen LogP contribution in [0.5, 0.6) is 0 Å². The maximum absolute atomic E-state index is 13.4. The van der Waals surface area contributed by atoms with Crippen molar-refractivity contribution >= 4 is 0 Å². The maximum Gasteiger partial charge on any atom is 0.123 e. The SMILES string of the molecule is CCNC(Cc1cccc(F)c1)C(C)(C)N1CCCCC1. The molecule has 1 aromatic rings. The van der Waals surface area contributed by atoms with Crippen LogP contribution in [0, 0.1) is 5.82 Å². The molecule has 2 rings (SSSR count). The summed E-state index contributed by atoms with van der Waals surface area (Å²) in [5.41, 5.74) is 1.16. The van der Waals surface area contributed by atoms with Gasteiger partial charge < -0.3 is 5.32 Å². The number of halogens is 1. The Labute approximate surface area is 128 Å². The van der Waals surface area contributed by atoms with Gasteiger partial charge in [-0.25, -0.2) is 4.39 Å². The number of likely N-dealkylation sites (N-methyl/N-ethyl adjacent to an activating group) is 1. The van der Waals surface area contributed by atoms with Crippen molar-refractivity contribution in [3.05, 3.63) is 35.6 Å². The third-order valence-corrected chi connectivity index (χ3v) is 4.80. The number of likely N-dealkylation sites (tertiary alicyclic amines) is 1. The molecule has 1 unspecified atom stereocenters. The lowest BCUT2D eigenvalue weighted by atomic mass is 9.86. The van der Waals surface area contributed by atoms with Crippen molar-refractivity contribution in [2.75, 3.05) is 19.6 Å². The standard InChI is InChI=1S/C18H29FN2/c1-4-20-17(14-15-9-8-10-16(19)13-15)18(2,3)21-11-6-5-7-12-21/h8-10,13,17,20H,4-7,11-12,14H2,1-3H3. The first-order valence-corrected chi connectivity index (χ1v) is 8.27. The molecule has 21 heavy (non-hydrogen) atoms. The quantitative estimate of drug-likeness (QED) is 0.861. The van der Waals surface area contributed by atoms with E-state index in [4.69, 9.17) is 0 Å². The van der Waals surface area contributed by atoms with E-state index in [0.717, 1.165) is 18.5 Å². The monoisotopic (exact) mass is 292 g/mol. The molecular formula is C18H29FN2. The van der Waals surface area contributed by atoms with Crippen LogP contribution >= 0.6 is 0 Å². The van der Waals surface area contributed by atoms with E-state index in [1.165, 1.54) is 38.4 Å². The van der Waals surface area contributed by atoms with Crippen LogP contribution in [-0.4, -0.2) is 36.1 Å². The molecule has 1 atom stereocenters. The lowest BCUT2D eigenvalue weighted by molar-refractivity contribution is 0.0616. The van der Waals surface area contributed by atoms with E-state index >= 15 is 0 Å². The van der Waals surface area contributed by atoms with Gasteiger partial charge in [0.25, 0.3) is 0 Å². The first-order chi connectivity index (χ1) is 10.0. The zero-order valence-corrected chi connectivity index (χ0v) is 13.7. The second-order valence-electron chi connectivity index (χ2n) is 6.65. The minimum absolute atomic E-state index is 0.0861. The van der Waals surface area contributed by atoms with Crippen LogP contribution in [0.1, 0.15) is 45.6 Å². The fourth-order valence-corrected chi connectivity index (χ4v) is 3.41. The molecule has 1 aromatic carbocycles. The van der Waals surface area contributed by atoms with Crippen molar-refractivity contribution in [3.63, 3.8) is 0 Å². The van der Waals surface area contributed by atoms with Crippen LogP contribution in [0.3, 0.4) is 0 Å². The summed E-state index contributed by atoms with van der Waals surface area (Å²) in [4.78, 5) is 2.60. The van der Waals surface area contributed by atoms with Crippen LogP contribution in [0.25, 0.3) is 0 Å². The Morgan fingerprint density at radius 2 is 1.95 bits per heavy atom. The molecule has 1 aliphatic rings. The summed E-state index contributed by atoms with van der Waals surface area (Å²) in [7, 11) is 0. The van der Waals surface area contributed by atoms with E-state index in [9.17, 15) is 4.39 Å². The molecule has 1 aliphatic heterocycles. The van der Waals surface area contributed by atoms with Gasteiger partial charge in [-0.15, -0.1) is 0 Å². The number of rotatable bonds is 6. The molecule has 0 aromatic heterocycles. The lowest BCUT2D eigenvalue weighted by Crippen LogP contribution is -2.59. The Balaban J connectivity index is 2.12. The second kappa shape index (κ2) is 7.37. The molecule has 0 bridgehead atoms. The average Bonchev–Trinajstić information content (AvgIpc) is 2.48. The van der Waals surface area contributed by atoms with Gasteiger partial charge in [0.15, 0.2) is 0 Å². The topological polar surface area (TPSA) is 15.3 Å². The molecule has 0 spiro atoms. The number of piperidine rings is 1. The lowest BCUT2D eigenvalue weighted by Gasteiger charge is -2.46. The highest BCUT2D eigenvalue weighted by atomic mass is 19.1. The van der Waals surface area contributed by atoms with Crippen molar-refractivity contribution in [2.24, 2.45) is 0 Å². The summed E-state index contributed by atoms with van der Waals surface area (Å²) in [6, 6.07) is 7.35. The van der Waals surface area contributed by atoms with Crippen molar-refractivity contribution in [3.8, 4) is 0 Å². The van der Waals surface area contributed by atoms with Gasteiger partial charge in [-0.2, -0.15) is 0 Å². The third kappa shape index (κ3) is 4.27. The number of nitrogens with one attached hydrogen (secondary N) is 1. The first kappa shape index (κ1) is 16.4. The summed E-state index contributed by atoms with van der Waals surface area (Å²) in [6.45, 7) is 10.1. The molecule has 0 amide bonds. The van der Waals surface area contributed by atoms with Gasteiger partial charge in [-0.3, -0.25) is 4.90 Å². The Morgan fingerprint density at radius 3 is 2.57 bits per heavy atom. The summed E-state index contributed by atoms with van der Waals surface area (Å²) in [5.74, 6) is -0.140. The van der Waals surface area contributed by atoms with E-state index in [-0.39, 0.29) is 11.4 Å². The number of hydrogen-bond donors (Lipinski definition) is 1. The molecule has 1 N–H and O–H groups in total. The Bertz CT molecular complexity index is 439. The van der Waals surface area contributed by atoms with E-state index in [1.54, 1.807) is 6.07 Å². The third-order valence-electron chi connectivity index (χ3n) is 4.80. The fraction of sp³-hybridized carbons (Fsp3) is 0.667. The summed E-state index contributed by atoms with van der Waals surface area (Å²) in [5, 5.41) is 3.62. The van der Waals surface area contributed by atoms with Gasteiger partial charge in [0.1, 0.15) is 5.82 Å². The fourth-order valence-electron chi connectivity index (χ4n) is 3.41. The highest BCUT2D eigenvalue weighted by Gasteiger charge is 2.35. The van der Waals surface area contributed by atoms with Gasteiger partial charge in [0.2, 0.25) is 0 Å². The van der Waals surface area contributed by atoms with Crippen LogP contribution in [-0.2, 0) is 6.42 Å². The highest BCUT2D eigenvalue weighted by molar-refractivity contribution is 5.19. The van der Waals surface area contributed by atoms with Crippen LogP contribution in [0.4, 0.5) is 4.39 Å². The highest BCUT2D eigenvalue weighted by Crippen LogP contribution is 2.26. The minimum atomic E-state index is -0.140. The van der Waals surface area contributed by atoms with Crippen LogP contribution < -0.4 is 5.32 Å². The zero-order valence-electron chi connectivity index (χ0n) is 13.7. The van der Waals surface area contributed by atoms with Gasteiger partial charge in [0.05, 0.1) is 0 Å². The maximum atomic E-state index is 13.4. The molecule has 3 heteroatoms. The molecule has 1 fully saturated rings. The first-order valence-electron chi connectivity index (χ1n) is 8.27. The van der Waals surface area contributed by atoms with Gasteiger partial charge in [-0.1, -0.05) is 25.5 Å². The molecule has 0 radical (unpaired) electrons. The molecule has 118 valence electrons. The zero-order chi connectivity index (χ0) is 15.3. The van der Waals surface area contributed by atoms with E-state index in [2.05, 4.69) is 31.0 Å². The average molecular weight is 292 g/mol. The molecular weight excluding hydrogens is 263 g/mol. The number of nitrogens with zero attached hydrogens (tertiary/aromatic N) is 1. The Hall–Kier alpha value is -0.930. The molecule has 0 saturated carbocycles. The van der Waals surface area contributed by atoms with Gasteiger partial charge in [-0.05, 0) is 70.4 Å². The predicted molar refractivity (Wildman–Crippen MR) is 87.1 cm³/mol. The Morgan fingerprint density at radius 1 is 1.24 bits per heavy atom. The predicted octanol–water partition coefficient (Wildman–Crippen LogP) is 3.61.